The predicted molar refractivity (Wildman–Crippen MR) is 124 cm³/mol. The fraction of sp³-hybridized carbons (Fsp3) is 0.320. The van der Waals surface area contributed by atoms with Gasteiger partial charge < -0.3 is 4.74 Å². The lowest BCUT2D eigenvalue weighted by Gasteiger charge is -2.06. The van der Waals surface area contributed by atoms with Crippen LogP contribution in [0.3, 0.4) is 0 Å². The van der Waals surface area contributed by atoms with Crippen LogP contribution >= 0.6 is 0 Å². The molecule has 32 heavy (non-hydrogen) atoms. The summed E-state index contributed by atoms with van der Waals surface area (Å²) in [5.41, 5.74) is 4.92. The number of halogens is 1. The second-order valence-electron chi connectivity index (χ2n) is 7.56. The number of rotatable bonds is 12. The Bertz CT molecular complexity index is 998. The number of amides is 1. The average molecular weight is 437 g/mol. The average Bonchev–Trinajstić information content (AvgIpc) is 3.31. The maximum Gasteiger partial charge on any atom is 0.289 e. The van der Waals surface area contributed by atoms with Crippen LogP contribution in [0.25, 0.3) is 11.3 Å². The zero-order chi connectivity index (χ0) is 22.6. The van der Waals surface area contributed by atoms with E-state index >= 15 is 0 Å². The lowest BCUT2D eigenvalue weighted by molar-refractivity contribution is 0.0950. The van der Waals surface area contributed by atoms with E-state index in [2.05, 4.69) is 27.6 Å². The van der Waals surface area contributed by atoms with E-state index in [4.69, 9.17) is 4.74 Å². The highest BCUT2D eigenvalue weighted by Crippen LogP contribution is 2.21. The smallest absolute Gasteiger partial charge is 0.289 e. The number of hydrogen-bond donors (Lipinski definition) is 2. The molecule has 0 saturated heterocycles. The molecule has 7 heteroatoms. The molecule has 0 bridgehead atoms. The van der Waals surface area contributed by atoms with Gasteiger partial charge in [0.05, 0.1) is 18.5 Å². The van der Waals surface area contributed by atoms with Crippen LogP contribution in [0.1, 0.15) is 61.5 Å². The lowest BCUT2D eigenvalue weighted by Crippen LogP contribution is -2.17. The van der Waals surface area contributed by atoms with Crippen molar-refractivity contribution < 1.29 is 13.9 Å². The van der Waals surface area contributed by atoms with Gasteiger partial charge in [0.25, 0.3) is 5.91 Å². The highest BCUT2D eigenvalue weighted by atomic mass is 19.1. The summed E-state index contributed by atoms with van der Waals surface area (Å²) in [5.74, 6) is 0.0838. The normalized spacial score (nSPS) is 11.1. The van der Waals surface area contributed by atoms with Crippen LogP contribution in [0.2, 0.25) is 0 Å². The minimum absolute atomic E-state index is 0.291. The molecule has 1 amide bonds. The number of aromatic amines is 1. The molecule has 168 valence electrons. The first-order chi connectivity index (χ1) is 15.7. The number of hydrogen-bond acceptors (Lipinski definition) is 4. The maximum absolute atomic E-state index is 12.9. The quantitative estimate of drug-likeness (QED) is 0.216. The molecule has 0 saturated carbocycles. The van der Waals surface area contributed by atoms with Gasteiger partial charge in [-0.15, -0.1) is 0 Å². The molecule has 0 aliphatic rings. The molecule has 2 aromatic carbocycles. The van der Waals surface area contributed by atoms with E-state index in [1.807, 2.05) is 24.3 Å². The van der Waals surface area contributed by atoms with Crippen molar-refractivity contribution in [2.24, 2.45) is 5.10 Å². The van der Waals surface area contributed by atoms with Crippen molar-refractivity contribution in [2.45, 2.75) is 45.4 Å². The minimum Gasteiger partial charge on any atom is -0.494 e. The van der Waals surface area contributed by atoms with Crippen molar-refractivity contribution in [3.05, 3.63) is 71.7 Å². The van der Waals surface area contributed by atoms with E-state index in [0.29, 0.717) is 17.0 Å². The third-order valence-electron chi connectivity index (χ3n) is 4.99. The summed E-state index contributed by atoms with van der Waals surface area (Å²) in [7, 11) is 0. The molecule has 1 heterocycles. The highest BCUT2D eigenvalue weighted by Gasteiger charge is 2.10. The number of H-pyrrole nitrogens is 1. The van der Waals surface area contributed by atoms with Crippen molar-refractivity contribution in [1.82, 2.24) is 15.6 Å². The predicted octanol–water partition coefficient (Wildman–Crippen LogP) is 5.72. The van der Waals surface area contributed by atoms with Crippen LogP contribution in [0, 0.1) is 5.82 Å². The van der Waals surface area contributed by atoms with E-state index in [9.17, 15) is 9.18 Å². The fourth-order valence-electron chi connectivity index (χ4n) is 3.15. The third-order valence-corrected chi connectivity index (χ3v) is 4.99. The topological polar surface area (TPSA) is 79.4 Å². The SMILES string of the molecule is CCCCCCCCOc1ccc(-c2cc(C(=O)N/N=C\c3ccc(F)cc3)[nH]n2)cc1. The number of carbonyl (C=O) groups is 1. The van der Waals surface area contributed by atoms with Gasteiger partial charge in [-0.25, -0.2) is 9.82 Å². The third kappa shape index (κ3) is 7.34. The number of unbranched alkanes of at least 4 members (excludes halogenated alkanes) is 5. The molecule has 6 nitrogen and oxygen atoms in total. The number of carbonyl (C=O) groups excluding carboxylic acids is 1. The lowest BCUT2D eigenvalue weighted by atomic mass is 10.1. The Labute approximate surface area is 187 Å². The van der Waals surface area contributed by atoms with E-state index < -0.39 is 5.91 Å². The van der Waals surface area contributed by atoms with E-state index in [1.54, 1.807) is 18.2 Å². The van der Waals surface area contributed by atoms with Gasteiger partial charge in [-0.05, 0) is 54.4 Å². The second-order valence-corrected chi connectivity index (χ2v) is 7.56. The molecular formula is C25H29FN4O2. The summed E-state index contributed by atoms with van der Waals surface area (Å²) in [6, 6.07) is 15.1. The molecular weight excluding hydrogens is 407 g/mol. The molecule has 0 unspecified atom stereocenters. The van der Waals surface area contributed by atoms with Gasteiger partial charge in [-0.2, -0.15) is 10.2 Å². The standard InChI is InChI=1S/C25H29FN4O2/c1-2-3-4-5-6-7-16-32-22-14-10-20(11-15-22)23-17-24(29-28-23)25(31)30-27-18-19-8-12-21(26)13-9-19/h8-15,17-18H,2-7,16H2,1H3,(H,28,29)(H,30,31)/b27-18-. The fourth-order valence-corrected chi connectivity index (χ4v) is 3.15. The Balaban J connectivity index is 1.46. The van der Waals surface area contributed by atoms with Crippen LogP contribution in [0.15, 0.2) is 59.7 Å². The van der Waals surface area contributed by atoms with Gasteiger partial charge >= 0.3 is 0 Å². The van der Waals surface area contributed by atoms with Crippen molar-refractivity contribution in [1.29, 1.82) is 0 Å². The number of ether oxygens (including phenoxy) is 1. The van der Waals surface area contributed by atoms with Crippen LogP contribution in [-0.2, 0) is 0 Å². The van der Waals surface area contributed by atoms with Gasteiger partial charge in [0.15, 0.2) is 0 Å². The van der Waals surface area contributed by atoms with E-state index in [0.717, 1.165) is 24.3 Å². The summed E-state index contributed by atoms with van der Waals surface area (Å²) >= 11 is 0. The zero-order valence-corrected chi connectivity index (χ0v) is 18.3. The number of hydrazone groups is 1. The van der Waals surface area contributed by atoms with Crippen molar-refractivity contribution in [3.63, 3.8) is 0 Å². The number of benzene rings is 2. The molecule has 3 rings (SSSR count). The Morgan fingerprint density at radius 1 is 1.06 bits per heavy atom. The molecule has 0 aliphatic heterocycles. The summed E-state index contributed by atoms with van der Waals surface area (Å²) < 4.78 is 18.7. The Kier molecular flexibility index (Phi) is 8.98. The summed E-state index contributed by atoms with van der Waals surface area (Å²) in [4.78, 5) is 12.2. The number of nitrogens with zero attached hydrogens (tertiary/aromatic N) is 2. The Morgan fingerprint density at radius 2 is 1.78 bits per heavy atom. The first-order valence-electron chi connectivity index (χ1n) is 11.0. The van der Waals surface area contributed by atoms with Crippen molar-refractivity contribution in [3.8, 4) is 17.0 Å². The largest absolute Gasteiger partial charge is 0.494 e. The summed E-state index contributed by atoms with van der Waals surface area (Å²) in [6.45, 7) is 2.94. The van der Waals surface area contributed by atoms with Gasteiger partial charge in [-0.1, -0.05) is 51.2 Å². The minimum atomic E-state index is -0.416. The van der Waals surface area contributed by atoms with Crippen LogP contribution < -0.4 is 10.2 Å². The zero-order valence-electron chi connectivity index (χ0n) is 18.3. The Morgan fingerprint density at radius 3 is 2.53 bits per heavy atom. The van der Waals surface area contributed by atoms with Gasteiger partial charge in [0, 0.05) is 5.56 Å². The number of nitrogens with one attached hydrogen (secondary N) is 2. The maximum atomic E-state index is 12.9. The highest BCUT2D eigenvalue weighted by molar-refractivity contribution is 5.94. The molecule has 0 fully saturated rings. The molecule has 0 atom stereocenters. The van der Waals surface area contributed by atoms with Gasteiger partial charge in [0.1, 0.15) is 17.3 Å². The molecule has 0 aliphatic carbocycles. The molecule has 0 spiro atoms. The Hall–Kier alpha value is -3.48. The van der Waals surface area contributed by atoms with E-state index in [1.165, 1.54) is 50.5 Å². The van der Waals surface area contributed by atoms with Crippen molar-refractivity contribution >= 4 is 12.1 Å². The molecule has 3 aromatic rings. The summed E-state index contributed by atoms with van der Waals surface area (Å²) in [6.07, 6.45) is 8.84. The van der Waals surface area contributed by atoms with Gasteiger partial charge in [0.2, 0.25) is 0 Å². The molecule has 0 radical (unpaired) electrons. The molecule has 1 aromatic heterocycles. The van der Waals surface area contributed by atoms with Crippen molar-refractivity contribution in [2.75, 3.05) is 6.61 Å². The first-order valence-corrected chi connectivity index (χ1v) is 11.0. The first kappa shape index (κ1) is 23.2. The monoisotopic (exact) mass is 436 g/mol. The van der Waals surface area contributed by atoms with Gasteiger partial charge in [-0.3, -0.25) is 9.89 Å². The molecule has 2 N–H and O–H groups in total. The van der Waals surface area contributed by atoms with Crippen LogP contribution in [0.5, 0.6) is 5.75 Å². The number of aromatic nitrogens is 2. The summed E-state index contributed by atoms with van der Waals surface area (Å²) in [5, 5.41) is 10.8. The second kappa shape index (κ2) is 12.4. The van der Waals surface area contributed by atoms with Crippen LogP contribution in [-0.4, -0.2) is 28.9 Å². The van der Waals surface area contributed by atoms with Crippen LogP contribution in [0.4, 0.5) is 4.39 Å². The van der Waals surface area contributed by atoms with E-state index in [-0.39, 0.29) is 5.82 Å².